The molecule has 1 heterocycles. The molecular weight excluding hydrogens is 719 g/mol. The van der Waals surface area contributed by atoms with E-state index in [1.807, 2.05) is 11.3 Å². The van der Waals surface area contributed by atoms with Gasteiger partial charge in [0.25, 0.3) is 0 Å². The maximum absolute atomic E-state index is 2.45. The second-order valence-corrected chi connectivity index (χ2v) is 15.9. The van der Waals surface area contributed by atoms with Gasteiger partial charge in [-0.2, -0.15) is 0 Å². The number of hydrogen-bond acceptors (Lipinski definition) is 2. The molecule has 0 N–H and O–H groups in total. The fourth-order valence-corrected chi connectivity index (χ4v) is 10.0. The molecule has 0 spiro atoms. The minimum absolute atomic E-state index is 1.11. The molecule has 0 unspecified atom stereocenters. The van der Waals surface area contributed by atoms with Crippen LogP contribution in [-0.2, 0) is 0 Å². The smallest absolute Gasteiger partial charge is 0.0640 e. The van der Waals surface area contributed by atoms with Gasteiger partial charge in [0.15, 0.2) is 0 Å². The van der Waals surface area contributed by atoms with Gasteiger partial charge in [-0.1, -0.05) is 188 Å². The summed E-state index contributed by atoms with van der Waals surface area (Å²) in [6.07, 6.45) is 0. The Morgan fingerprint density at radius 1 is 0.293 bits per heavy atom. The first-order chi connectivity index (χ1) is 28.8. The van der Waals surface area contributed by atoms with Crippen LogP contribution in [0.25, 0.3) is 86.2 Å². The molecule has 0 saturated carbocycles. The molecule has 0 bridgehead atoms. The molecule has 0 atom stereocenters. The standard InChI is InChI=1S/C56H37NS/c1-4-17-39(18-5-1)44-23-12-14-28-51(44)57(52-29-16-27-49-47-25-13-15-30-53(47)58-56(49)52)43-34-31-38(32-35-43)42-33-36-46-45-24-10-11-26-48(45)54(40-19-6-2-7-20-40)55(50(46)37-42)41-21-8-3-9-22-41/h1-37H. The van der Waals surface area contributed by atoms with Gasteiger partial charge in [0, 0.05) is 26.7 Å². The Kier molecular flexibility index (Phi) is 8.42. The molecule has 0 saturated heterocycles. The topological polar surface area (TPSA) is 3.24 Å². The average Bonchev–Trinajstić information content (AvgIpc) is 3.69. The zero-order valence-electron chi connectivity index (χ0n) is 31.7. The number of rotatable bonds is 7. The highest BCUT2D eigenvalue weighted by Crippen LogP contribution is 2.48. The number of nitrogens with zero attached hydrogens (tertiary/aromatic N) is 1. The fraction of sp³-hybridized carbons (Fsp3) is 0. The van der Waals surface area contributed by atoms with E-state index in [4.69, 9.17) is 0 Å². The molecule has 10 aromatic carbocycles. The van der Waals surface area contributed by atoms with E-state index in [2.05, 4.69) is 229 Å². The van der Waals surface area contributed by atoms with Crippen molar-refractivity contribution < 1.29 is 0 Å². The summed E-state index contributed by atoms with van der Waals surface area (Å²) < 4.78 is 2.58. The first-order valence-corrected chi connectivity index (χ1v) is 20.7. The molecule has 0 aliphatic heterocycles. The Morgan fingerprint density at radius 3 is 1.53 bits per heavy atom. The first-order valence-electron chi connectivity index (χ1n) is 19.8. The second-order valence-electron chi connectivity index (χ2n) is 14.8. The Bertz CT molecular complexity index is 3260. The molecule has 1 aromatic heterocycles. The first kappa shape index (κ1) is 34.0. The Balaban J connectivity index is 1.11. The lowest BCUT2D eigenvalue weighted by Crippen LogP contribution is -2.11. The minimum Gasteiger partial charge on any atom is -0.308 e. The van der Waals surface area contributed by atoms with Gasteiger partial charge in [-0.25, -0.2) is 0 Å². The van der Waals surface area contributed by atoms with E-state index in [9.17, 15) is 0 Å². The van der Waals surface area contributed by atoms with Crippen LogP contribution in [0.15, 0.2) is 224 Å². The van der Waals surface area contributed by atoms with Crippen molar-refractivity contribution in [1.29, 1.82) is 0 Å². The number of para-hydroxylation sites is 1. The number of fused-ring (bicyclic) bond motifs is 6. The van der Waals surface area contributed by atoms with Crippen molar-refractivity contribution in [3.8, 4) is 44.5 Å². The van der Waals surface area contributed by atoms with Crippen LogP contribution in [0.1, 0.15) is 0 Å². The van der Waals surface area contributed by atoms with E-state index in [-0.39, 0.29) is 0 Å². The van der Waals surface area contributed by atoms with E-state index in [0.29, 0.717) is 0 Å². The van der Waals surface area contributed by atoms with E-state index in [1.54, 1.807) is 0 Å². The normalized spacial score (nSPS) is 11.4. The summed E-state index contributed by atoms with van der Waals surface area (Å²) in [6, 6.07) is 81.8. The van der Waals surface area contributed by atoms with E-state index in [0.717, 1.165) is 11.4 Å². The van der Waals surface area contributed by atoms with Gasteiger partial charge in [0.05, 0.1) is 16.1 Å². The number of benzene rings is 10. The van der Waals surface area contributed by atoms with Crippen molar-refractivity contribution in [3.63, 3.8) is 0 Å². The van der Waals surface area contributed by atoms with Crippen LogP contribution >= 0.6 is 11.3 Å². The number of thiophene rings is 1. The third-order valence-corrected chi connectivity index (χ3v) is 12.7. The predicted octanol–water partition coefficient (Wildman–Crippen LogP) is 16.5. The molecule has 0 aliphatic carbocycles. The van der Waals surface area contributed by atoms with Gasteiger partial charge < -0.3 is 4.90 Å². The van der Waals surface area contributed by atoms with Crippen LogP contribution in [0.4, 0.5) is 17.1 Å². The van der Waals surface area contributed by atoms with E-state index < -0.39 is 0 Å². The van der Waals surface area contributed by atoms with Crippen LogP contribution in [0.5, 0.6) is 0 Å². The van der Waals surface area contributed by atoms with Crippen LogP contribution in [-0.4, -0.2) is 0 Å². The summed E-state index contributed by atoms with van der Waals surface area (Å²) >= 11 is 1.87. The van der Waals surface area contributed by atoms with Crippen molar-refractivity contribution in [3.05, 3.63) is 224 Å². The molecule has 1 nitrogen and oxygen atoms in total. The summed E-state index contributed by atoms with van der Waals surface area (Å²) in [5.74, 6) is 0. The zero-order chi connectivity index (χ0) is 38.4. The van der Waals surface area contributed by atoms with Crippen molar-refractivity contribution in [2.45, 2.75) is 0 Å². The van der Waals surface area contributed by atoms with Crippen LogP contribution in [0.3, 0.4) is 0 Å². The van der Waals surface area contributed by atoms with Gasteiger partial charge in [-0.15, -0.1) is 11.3 Å². The summed E-state index contributed by atoms with van der Waals surface area (Å²) in [4.78, 5) is 2.45. The molecule has 11 aromatic rings. The lowest BCUT2D eigenvalue weighted by Gasteiger charge is -2.28. The third-order valence-electron chi connectivity index (χ3n) is 11.5. The van der Waals surface area contributed by atoms with Crippen molar-refractivity contribution in [1.82, 2.24) is 0 Å². The van der Waals surface area contributed by atoms with Crippen LogP contribution in [0.2, 0.25) is 0 Å². The highest BCUT2D eigenvalue weighted by atomic mass is 32.1. The molecule has 58 heavy (non-hydrogen) atoms. The summed E-state index contributed by atoms with van der Waals surface area (Å²) in [7, 11) is 0. The van der Waals surface area contributed by atoms with Crippen LogP contribution in [0, 0.1) is 0 Å². The highest BCUT2D eigenvalue weighted by molar-refractivity contribution is 7.26. The molecule has 0 aliphatic rings. The third kappa shape index (κ3) is 5.77. The lowest BCUT2D eigenvalue weighted by atomic mass is 9.84. The molecule has 0 radical (unpaired) electrons. The molecule has 11 rings (SSSR count). The molecule has 272 valence electrons. The highest BCUT2D eigenvalue weighted by Gasteiger charge is 2.22. The maximum Gasteiger partial charge on any atom is 0.0640 e. The minimum atomic E-state index is 1.11. The van der Waals surface area contributed by atoms with Crippen molar-refractivity contribution in [2.24, 2.45) is 0 Å². The average molecular weight is 756 g/mol. The van der Waals surface area contributed by atoms with Gasteiger partial charge in [-0.05, 0) is 96.9 Å². The molecule has 0 fully saturated rings. The van der Waals surface area contributed by atoms with E-state index >= 15 is 0 Å². The lowest BCUT2D eigenvalue weighted by molar-refractivity contribution is 1.30. The Labute approximate surface area is 342 Å². The van der Waals surface area contributed by atoms with Gasteiger partial charge >= 0.3 is 0 Å². The van der Waals surface area contributed by atoms with Gasteiger partial charge in [0.1, 0.15) is 0 Å². The van der Waals surface area contributed by atoms with Crippen molar-refractivity contribution in [2.75, 3.05) is 4.90 Å². The number of hydrogen-bond donors (Lipinski definition) is 0. The van der Waals surface area contributed by atoms with Gasteiger partial charge in [-0.3, -0.25) is 0 Å². The van der Waals surface area contributed by atoms with Crippen molar-refractivity contribution >= 4 is 70.1 Å². The fourth-order valence-electron chi connectivity index (χ4n) is 8.83. The Morgan fingerprint density at radius 2 is 0.810 bits per heavy atom. The number of anilines is 3. The Hall–Kier alpha value is -7.26. The quantitative estimate of drug-likeness (QED) is 0.146. The second kappa shape index (κ2) is 14.4. The SMILES string of the molecule is c1ccc(-c2ccccc2N(c2ccc(-c3ccc4c(c3)c(-c3ccccc3)c(-c3ccccc3)c3ccccc34)cc2)c2cccc3c2sc2ccccc23)cc1. The molecule has 0 amide bonds. The molecule has 2 heteroatoms. The largest absolute Gasteiger partial charge is 0.308 e. The predicted molar refractivity (Wildman–Crippen MR) is 251 cm³/mol. The summed E-state index contributed by atoms with van der Waals surface area (Å²) in [5.41, 5.74) is 13.1. The maximum atomic E-state index is 2.45. The zero-order valence-corrected chi connectivity index (χ0v) is 32.5. The summed E-state index contributed by atoms with van der Waals surface area (Å²) in [5, 5.41) is 7.62. The van der Waals surface area contributed by atoms with Gasteiger partial charge in [0.2, 0.25) is 0 Å². The monoisotopic (exact) mass is 755 g/mol. The molecular formula is C56H37NS. The summed E-state index contributed by atoms with van der Waals surface area (Å²) in [6.45, 7) is 0. The van der Waals surface area contributed by atoms with Crippen LogP contribution < -0.4 is 4.90 Å². The van der Waals surface area contributed by atoms with E-state index in [1.165, 1.54) is 91.9 Å².